The fourth-order valence-electron chi connectivity index (χ4n) is 2.85. The first-order valence-corrected chi connectivity index (χ1v) is 10.2. The molecule has 0 fully saturated rings. The predicted molar refractivity (Wildman–Crippen MR) is 119 cm³/mol. The van der Waals surface area contributed by atoms with Crippen molar-refractivity contribution in [3.8, 4) is 11.5 Å². The minimum Gasteiger partial charge on any atom is -0.490 e. The van der Waals surface area contributed by atoms with Gasteiger partial charge in [0.05, 0.1) is 22.2 Å². The van der Waals surface area contributed by atoms with E-state index < -0.39 is 11.8 Å². The van der Waals surface area contributed by atoms with Crippen LogP contribution in [0.3, 0.4) is 0 Å². The summed E-state index contributed by atoms with van der Waals surface area (Å²) in [7, 11) is 0. The third kappa shape index (κ3) is 6.03. The summed E-state index contributed by atoms with van der Waals surface area (Å²) in [5.74, 6) is -0.543. The number of carboxylic acid groups (broad SMARTS) is 1. The maximum Gasteiger partial charge on any atom is 0.335 e. The molecule has 0 aliphatic heterocycles. The van der Waals surface area contributed by atoms with Gasteiger partial charge in [0.2, 0.25) is 0 Å². The highest BCUT2D eigenvalue weighted by Crippen LogP contribution is 2.38. The number of nitrogens with one attached hydrogen (secondary N) is 1. The zero-order valence-electron chi connectivity index (χ0n) is 16.6. The van der Waals surface area contributed by atoms with E-state index in [4.69, 9.17) is 37.8 Å². The quantitative estimate of drug-likeness (QED) is 0.383. The zero-order valence-corrected chi connectivity index (χ0v) is 18.1. The molecule has 0 atom stereocenters. The van der Waals surface area contributed by atoms with E-state index in [1.54, 1.807) is 24.3 Å². The van der Waals surface area contributed by atoms with Crippen molar-refractivity contribution in [3.05, 3.63) is 87.2 Å². The molecule has 0 bridgehead atoms. The molecule has 0 amide bonds. The number of hydrogen-bond acceptors (Lipinski definition) is 4. The second kappa shape index (κ2) is 10.4. The number of halogens is 3. The fraction of sp³-hybridized carbons (Fsp3) is 0.174. The minimum atomic E-state index is -0.975. The van der Waals surface area contributed by atoms with Crippen molar-refractivity contribution < 1.29 is 23.8 Å². The first kappa shape index (κ1) is 22.7. The summed E-state index contributed by atoms with van der Waals surface area (Å²) in [6, 6.07) is 14.1. The Morgan fingerprint density at radius 2 is 1.77 bits per heavy atom. The number of aromatic carboxylic acids is 1. The molecule has 5 nitrogen and oxygen atoms in total. The molecule has 0 saturated heterocycles. The van der Waals surface area contributed by atoms with Gasteiger partial charge in [0.15, 0.2) is 11.5 Å². The van der Waals surface area contributed by atoms with E-state index in [0.29, 0.717) is 35.2 Å². The van der Waals surface area contributed by atoms with Crippen LogP contribution >= 0.6 is 23.2 Å². The second-order valence-corrected chi connectivity index (χ2v) is 7.41. The summed E-state index contributed by atoms with van der Waals surface area (Å²) >= 11 is 12.5. The van der Waals surface area contributed by atoms with Crippen LogP contribution in [-0.2, 0) is 13.2 Å². The molecular formula is C23H20Cl2FNO4. The minimum absolute atomic E-state index is 0.104. The summed E-state index contributed by atoms with van der Waals surface area (Å²) in [6.45, 7) is 2.81. The molecule has 0 aromatic heterocycles. The molecule has 8 heteroatoms. The third-order valence-corrected chi connectivity index (χ3v) is 5.02. The Hall–Kier alpha value is -2.96. The van der Waals surface area contributed by atoms with Crippen molar-refractivity contribution in [3.63, 3.8) is 0 Å². The molecule has 0 heterocycles. The molecule has 3 rings (SSSR count). The van der Waals surface area contributed by atoms with E-state index >= 15 is 0 Å². The average molecular weight is 464 g/mol. The van der Waals surface area contributed by atoms with Crippen molar-refractivity contribution >= 4 is 34.9 Å². The summed E-state index contributed by atoms with van der Waals surface area (Å²) in [4.78, 5) is 11.0. The molecule has 3 aromatic rings. The van der Waals surface area contributed by atoms with Gasteiger partial charge in [-0.1, -0.05) is 29.3 Å². The number of rotatable bonds is 9. The number of ether oxygens (including phenoxy) is 2. The lowest BCUT2D eigenvalue weighted by Gasteiger charge is -2.16. The number of anilines is 1. The van der Waals surface area contributed by atoms with Gasteiger partial charge in [0.1, 0.15) is 12.4 Å². The average Bonchev–Trinajstić information content (AvgIpc) is 2.73. The van der Waals surface area contributed by atoms with E-state index in [1.165, 1.54) is 24.3 Å². The Bertz CT molecular complexity index is 1070. The van der Waals surface area contributed by atoms with Crippen LogP contribution in [0.5, 0.6) is 11.5 Å². The summed E-state index contributed by atoms with van der Waals surface area (Å²) in [6.07, 6.45) is 0. The lowest BCUT2D eigenvalue weighted by molar-refractivity contribution is 0.0697. The van der Waals surface area contributed by atoms with Crippen LogP contribution < -0.4 is 14.8 Å². The van der Waals surface area contributed by atoms with Crippen LogP contribution in [0.1, 0.15) is 28.4 Å². The summed E-state index contributed by atoms with van der Waals surface area (Å²) in [5, 5.41) is 12.8. The monoisotopic (exact) mass is 463 g/mol. The van der Waals surface area contributed by atoms with Gasteiger partial charge in [-0.25, -0.2) is 9.18 Å². The smallest absolute Gasteiger partial charge is 0.335 e. The number of hydrogen-bond donors (Lipinski definition) is 2. The first-order chi connectivity index (χ1) is 14.9. The zero-order chi connectivity index (χ0) is 22.4. The predicted octanol–water partition coefficient (Wildman–Crippen LogP) is 6.42. The van der Waals surface area contributed by atoms with Crippen molar-refractivity contribution in [2.45, 2.75) is 20.1 Å². The molecule has 162 valence electrons. The fourth-order valence-corrected chi connectivity index (χ4v) is 3.36. The van der Waals surface area contributed by atoms with Crippen molar-refractivity contribution in [1.29, 1.82) is 0 Å². The second-order valence-electron chi connectivity index (χ2n) is 6.60. The van der Waals surface area contributed by atoms with Crippen LogP contribution in [0.15, 0.2) is 54.6 Å². The van der Waals surface area contributed by atoms with Crippen LogP contribution in [0, 0.1) is 5.82 Å². The molecule has 2 N–H and O–H groups in total. The van der Waals surface area contributed by atoms with E-state index in [9.17, 15) is 9.18 Å². The largest absolute Gasteiger partial charge is 0.490 e. The Balaban J connectivity index is 1.73. The number of carbonyl (C=O) groups is 1. The standard InChI is InChI=1S/C23H20Cl2FNO4/c1-2-30-21-10-14(12-27-18-7-4-15(5-8-18)23(28)29)9-20(25)22(21)31-13-16-3-6-17(26)11-19(16)24/h3-11,27H,2,12-13H2,1H3,(H,28,29). The lowest BCUT2D eigenvalue weighted by Crippen LogP contribution is -2.04. The van der Waals surface area contributed by atoms with E-state index in [-0.39, 0.29) is 17.2 Å². The molecular weight excluding hydrogens is 444 g/mol. The summed E-state index contributed by atoms with van der Waals surface area (Å²) in [5.41, 5.74) is 2.46. The van der Waals surface area contributed by atoms with Gasteiger partial charge in [-0.15, -0.1) is 0 Å². The van der Waals surface area contributed by atoms with Crippen LogP contribution in [0.2, 0.25) is 10.0 Å². The molecule has 31 heavy (non-hydrogen) atoms. The van der Waals surface area contributed by atoms with Gasteiger partial charge in [-0.3, -0.25) is 0 Å². The maximum absolute atomic E-state index is 13.2. The highest BCUT2D eigenvalue weighted by atomic mass is 35.5. The Kier molecular flexibility index (Phi) is 7.60. The highest BCUT2D eigenvalue weighted by Gasteiger charge is 2.14. The van der Waals surface area contributed by atoms with Gasteiger partial charge in [-0.2, -0.15) is 0 Å². The number of carboxylic acids is 1. The van der Waals surface area contributed by atoms with Crippen molar-refractivity contribution in [1.82, 2.24) is 0 Å². The molecule has 0 radical (unpaired) electrons. The van der Waals surface area contributed by atoms with Gasteiger partial charge in [0, 0.05) is 17.8 Å². The van der Waals surface area contributed by atoms with Gasteiger partial charge in [-0.05, 0) is 61.0 Å². The van der Waals surface area contributed by atoms with Crippen LogP contribution in [-0.4, -0.2) is 17.7 Å². The topological polar surface area (TPSA) is 67.8 Å². The van der Waals surface area contributed by atoms with E-state index in [0.717, 1.165) is 11.3 Å². The highest BCUT2D eigenvalue weighted by molar-refractivity contribution is 6.32. The van der Waals surface area contributed by atoms with Crippen molar-refractivity contribution in [2.75, 3.05) is 11.9 Å². The lowest BCUT2D eigenvalue weighted by atomic mass is 10.1. The van der Waals surface area contributed by atoms with Crippen LogP contribution in [0.25, 0.3) is 0 Å². The molecule has 0 spiro atoms. The SMILES string of the molecule is CCOc1cc(CNc2ccc(C(=O)O)cc2)cc(Cl)c1OCc1ccc(F)cc1Cl. The molecule has 0 aliphatic rings. The van der Waals surface area contributed by atoms with Gasteiger partial charge in [0.25, 0.3) is 0 Å². The van der Waals surface area contributed by atoms with Crippen LogP contribution in [0.4, 0.5) is 10.1 Å². The van der Waals surface area contributed by atoms with Gasteiger partial charge < -0.3 is 19.9 Å². The van der Waals surface area contributed by atoms with E-state index in [2.05, 4.69) is 5.32 Å². The molecule has 0 aliphatic carbocycles. The normalized spacial score (nSPS) is 10.6. The Morgan fingerprint density at radius 1 is 1.03 bits per heavy atom. The number of benzene rings is 3. The molecule has 3 aromatic carbocycles. The van der Waals surface area contributed by atoms with Crippen molar-refractivity contribution in [2.24, 2.45) is 0 Å². The molecule has 0 saturated carbocycles. The van der Waals surface area contributed by atoms with E-state index in [1.807, 2.05) is 13.0 Å². The first-order valence-electron chi connectivity index (χ1n) is 9.46. The Labute approximate surface area is 189 Å². The summed E-state index contributed by atoms with van der Waals surface area (Å²) < 4.78 is 24.8. The van der Waals surface area contributed by atoms with Gasteiger partial charge >= 0.3 is 5.97 Å². The third-order valence-electron chi connectivity index (χ3n) is 4.38. The maximum atomic E-state index is 13.2. The molecule has 0 unspecified atom stereocenters. The Morgan fingerprint density at radius 3 is 2.42 bits per heavy atom.